The van der Waals surface area contributed by atoms with Crippen molar-refractivity contribution in [3.8, 4) is 11.3 Å². The van der Waals surface area contributed by atoms with Crippen LogP contribution in [0.4, 0.5) is 0 Å². The van der Waals surface area contributed by atoms with Crippen LogP contribution in [0, 0.1) is 6.92 Å². The minimum atomic E-state index is 0.421. The Morgan fingerprint density at radius 1 is 1.11 bits per heavy atom. The van der Waals surface area contributed by atoms with Crippen molar-refractivity contribution in [3.63, 3.8) is 0 Å². The summed E-state index contributed by atoms with van der Waals surface area (Å²) in [4.78, 5) is 4.68. The number of aromatic nitrogens is 2. The molecule has 2 aromatic heterocycles. The molecule has 96 valence electrons. The van der Waals surface area contributed by atoms with E-state index in [0.717, 1.165) is 33.3 Å². The number of rotatable bonds is 2. The first-order valence-electron chi connectivity index (χ1n) is 5.99. The van der Waals surface area contributed by atoms with E-state index in [1.54, 1.807) is 0 Å². The molecule has 0 aliphatic heterocycles. The lowest BCUT2D eigenvalue weighted by molar-refractivity contribution is 1.03. The lowest BCUT2D eigenvalue weighted by Crippen LogP contribution is -1.95. The lowest BCUT2D eigenvalue weighted by Gasteiger charge is -2.04. The van der Waals surface area contributed by atoms with Gasteiger partial charge in [-0.05, 0) is 31.2 Å². The SMILES string of the molecule is Cc1cccc2nc(-c3ccc(Cl)cc3)c(CCl)n12. The van der Waals surface area contributed by atoms with Gasteiger partial charge in [0, 0.05) is 16.3 Å². The van der Waals surface area contributed by atoms with Crippen molar-refractivity contribution in [2.75, 3.05) is 0 Å². The summed E-state index contributed by atoms with van der Waals surface area (Å²) in [5.74, 6) is 0.421. The zero-order valence-corrected chi connectivity index (χ0v) is 11.9. The summed E-state index contributed by atoms with van der Waals surface area (Å²) in [5.41, 5.74) is 5.00. The quantitative estimate of drug-likeness (QED) is 0.625. The van der Waals surface area contributed by atoms with E-state index in [-0.39, 0.29) is 0 Å². The summed E-state index contributed by atoms with van der Waals surface area (Å²) >= 11 is 12.0. The molecule has 19 heavy (non-hydrogen) atoms. The highest BCUT2D eigenvalue weighted by atomic mass is 35.5. The van der Waals surface area contributed by atoms with Crippen LogP contribution in [-0.2, 0) is 5.88 Å². The first kappa shape index (κ1) is 12.5. The van der Waals surface area contributed by atoms with Crippen LogP contribution < -0.4 is 0 Å². The minimum absolute atomic E-state index is 0.421. The summed E-state index contributed by atoms with van der Waals surface area (Å²) in [5, 5.41) is 0.719. The van der Waals surface area contributed by atoms with Gasteiger partial charge in [0.2, 0.25) is 0 Å². The van der Waals surface area contributed by atoms with Crippen LogP contribution >= 0.6 is 23.2 Å². The van der Waals surface area contributed by atoms with E-state index < -0.39 is 0 Å². The third-order valence-electron chi connectivity index (χ3n) is 3.18. The molecule has 2 heterocycles. The topological polar surface area (TPSA) is 17.3 Å². The first-order valence-corrected chi connectivity index (χ1v) is 6.91. The Bertz CT molecular complexity index is 730. The Hall–Kier alpha value is -1.51. The molecule has 1 aromatic carbocycles. The van der Waals surface area contributed by atoms with Crippen molar-refractivity contribution in [1.29, 1.82) is 0 Å². The lowest BCUT2D eigenvalue weighted by atomic mass is 10.1. The Balaban J connectivity index is 2.29. The smallest absolute Gasteiger partial charge is 0.137 e. The van der Waals surface area contributed by atoms with E-state index in [2.05, 4.69) is 22.4 Å². The predicted molar refractivity (Wildman–Crippen MR) is 79.9 cm³/mol. The molecule has 0 saturated carbocycles. The predicted octanol–water partition coefficient (Wildman–Crippen LogP) is 4.70. The average Bonchev–Trinajstić information content (AvgIpc) is 2.79. The molecule has 0 aliphatic carbocycles. The van der Waals surface area contributed by atoms with Gasteiger partial charge in [-0.3, -0.25) is 4.40 Å². The molecular weight excluding hydrogens is 279 g/mol. The average molecular weight is 291 g/mol. The van der Waals surface area contributed by atoms with Gasteiger partial charge in [0.1, 0.15) is 5.65 Å². The molecule has 4 heteroatoms. The van der Waals surface area contributed by atoms with Crippen LogP contribution in [0.25, 0.3) is 16.9 Å². The van der Waals surface area contributed by atoms with Crippen LogP contribution in [0.15, 0.2) is 42.5 Å². The largest absolute Gasteiger partial charge is 0.299 e. The van der Waals surface area contributed by atoms with Gasteiger partial charge in [-0.15, -0.1) is 11.6 Å². The zero-order valence-electron chi connectivity index (χ0n) is 10.4. The number of nitrogens with zero attached hydrogens (tertiary/aromatic N) is 2. The Morgan fingerprint density at radius 3 is 2.53 bits per heavy atom. The molecular formula is C15H12Cl2N2. The number of fused-ring (bicyclic) bond motifs is 1. The van der Waals surface area contributed by atoms with Gasteiger partial charge in [0.15, 0.2) is 0 Å². The fourth-order valence-corrected chi connectivity index (χ4v) is 2.66. The number of pyridine rings is 1. The van der Waals surface area contributed by atoms with Gasteiger partial charge >= 0.3 is 0 Å². The normalized spacial score (nSPS) is 11.1. The molecule has 0 radical (unpaired) electrons. The third kappa shape index (κ3) is 2.11. The molecule has 0 saturated heterocycles. The van der Waals surface area contributed by atoms with E-state index in [4.69, 9.17) is 23.2 Å². The Labute approximate surface area is 121 Å². The second kappa shape index (κ2) is 4.87. The minimum Gasteiger partial charge on any atom is -0.299 e. The third-order valence-corrected chi connectivity index (χ3v) is 3.68. The second-order valence-corrected chi connectivity index (χ2v) is 5.11. The Morgan fingerprint density at radius 2 is 1.84 bits per heavy atom. The van der Waals surface area contributed by atoms with Crippen LogP contribution in [0.1, 0.15) is 11.4 Å². The molecule has 3 rings (SSSR count). The molecule has 0 aliphatic rings. The van der Waals surface area contributed by atoms with E-state index in [0.29, 0.717) is 5.88 Å². The maximum absolute atomic E-state index is 6.12. The number of alkyl halides is 1. The van der Waals surface area contributed by atoms with Gasteiger partial charge in [0.25, 0.3) is 0 Å². The summed E-state index contributed by atoms with van der Waals surface area (Å²) in [6.45, 7) is 2.05. The molecule has 0 amide bonds. The van der Waals surface area contributed by atoms with Crippen molar-refractivity contribution in [1.82, 2.24) is 9.38 Å². The van der Waals surface area contributed by atoms with Crippen LogP contribution in [0.2, 0.25) is 5.02 Å². The standard InChI is InChI=1S/C15H12Cl2N2/c1-10-3-2-4-14-18-15(13(9-16)19(10)14)11-5-7-12(17)8-6-11/h2-8H,9H2,1H3. The molecule has 0 spiro atoms. The van der Waals surface area contributed by atoms with Crippen molar-refractivity contribution < 1.29 is 0 Å². The van der Waals surface area contributed by atoms with E-state index in [1.165, 1.54) is 0 Å². The second-order valence-electron chi connectivity index (χ2n) is 4.41. The molecule has 0 bridgehead atoms. The van der Waals surface area contributed by atoms with Crippen LogP contribution in [0.3, 0.4) is 0 Å². The number of halogens is 2. The molecule has 0 N–H and O–H groups in total. The highest BCUT2D eigenvalue weighted by Gasteiger charge is 2.14. The molecule has 0 fully saturated rings. The number of aryl methyl sites for hydroxylation is 1. The van der Waals surface area contributed by atoms with Crippen molar-refractivity contribution in [2.45, 2.75) is 12.8 Å². The summed E-state index contributed by atoms with van der Waals surface area (Å²) in [6.07, 6.45) is 0. The van der Waals surface area contributed by atoms with Gasteiger partial charge in [-0.25, -0.2) is 4.98 Å². The van der Waals surface area contributed by atoms with E-state index in [9.17, 15) is 0 Å². The maximum atomic E-state index is 6.12. The van der Waals surface area contributed by atoms with Gasteiger partial charge in [-0.1, -0.05) is 29.8 Å². The van der Waals surface area contributed by atoms with E-state index >= 15 is 0 Å². The molecule has 2 nitrogen and oxygen atoms in total. The molecule has 0 atom stereocenters. The summed E-state index contributed by atoms with van der Waals surface area (Å²) < 4.78 is 2.09. The number of imidazole rings is 1. The highest BCUT2D eigenvalue weighted by Crippen LogP contribution is 2.27. The van der Waals surface area contributed by atoms with Crippen molar-refractivity contribution in [3.05, 3.63) is 58.9 Å². The maximum Gasteiger partial charge on any atom is 0.137 e. The fourth-order valence-electron chi connectivity index (χ4n) is 2.29. The molecule has 0 unspecified atom stereocenters. The van der Waals surface area contributed by atoms with Gasteiger partial charge in [0.05, 0.1) is 17.3 Å². The first-order chi connectivity index (χ1) is 9.20. The monoisotopic (exact) mass is 290 g/mol. The summed E-state index contributed by atoms with van der Waals surface area (Å²) in [6, 6.07) is 13.7. The van der Waals surface area contributed by atoms with Crippen LogP contribution in [-0.4, -0.2) is 9.38 Å². The zero-order chi connectivity index (χ0) is 13.4. The van der Waals surface area contributed by atoms with E-state index in [1.807, 2.05) is 36.4 Å². The molecule has 3 aromatic rings. The van der Waals surface area contributed by atoms with Crippen LogP contribution in [0.5, 0.6) is 0 Å². The number of hydrogen-bond donors (Lipinski definition) is 0. The number of benzene rings is 1. The fraction of sp³-hybridized carbons (Fsp3) is 0.133. The number of hydrogen-bond acceptors (Lipinski definition) is 1. The van der Waals surface area contributed by atoms with Gasteiger partial charge < -0.3 is 0 Å². The van der Waals surface area contributed by atoms with Crippen molar-refractivity contribution in [2.24, 2.45) is 0 Å². The highest BCUT2D eigenvalue weighted by molar-refractivity contribution is 6.30. The van der Waals surface area contributed by atoms with Crippen molar-refractivity contribution >= 4 is 28.8 Å². The Kier molecular flexibility index (Phi) is 3.21. The summed E-state index contributed by atoms with van der Waals surface area (Å²) in [7, 11) is 0. The van der Waals surface area contributed by atoms with Gasteiger partial charge in [-0.2, -0.15) is 0 Å².